The SMILES string of the molecule is Cc1ccc(C(C)(N)CCC(C)C)cc1. The first-order chi connectivity index (χ1) is 6.92. The van der Waals surface area contributed by atoms with Gasteiger partial charge >= 0.3 is 0 Å². The summed E-state index contributed by atoms with van der Waals surface area (Å²) in [5.74, 6) is 0.721. The van der Waals surface area contributed by atoms with E-state index in [9.17, 15) is 0 Å². The molecular weight excluding hydrogens is 182 g/mol. The number of rotatable bonds is 4. The molecule has 1 rings (SSSR count). The van der Waals surface area contributed by atoms with Crippen LogP contribution in [0.25, 0.3) is 0 Å². The van der Waals surface area contributed by atoms with E-state index in [1.807, 2.05) is 0 Å². The van der Waals surface area contributed by atoms with Crippen LogP contribution in [0.3, 0.4) is 0 Å². The molecule has 0 amide bonds. The Bertz CT molecular complexity index is 296. The van der Waals surface area contributed by atoms with Crippen LogP contribution in [-0.4, -0.2) is 0 Å². The molecule has 0 aliphatic rings. The van der Waals surface area contributed by atoms with Gasteiger partial charge in [0.05, 0.1) is 0 Å². The minimum absolute atomic E-state index is 0.183. The summed E-state index contributed by atoms with van der Waals surface area (Å²) in [6, 6.07) is 8.57. The second-order valence-electron chi connectivity index (χ2n) is 5.22. The lowest BCUT2D eigenvalue weighted by Gasteiger charge is -2.26. The third-order valence-corrected chi connectivity index (χ3v) is 2.95. The lowest BCUT2D eigenvalue weighted by molar-refractivity contribution is 0.396. The lowest BCUT2D eigenvalue weighted by Crippen LogP contribution is -2.33. The Morgan fingerprint density at radius 1 is 1.20 bits per heavy atom. The Morgan fingerprint density at radius 2 is 1.73 bits per heavy atom. The Kier molecular flexibility index (Phi) is 3.92. The smallest absolute Gasteiger partial charge is 0.0381 e. The average molecular weight is 205 g/mol. The van der Waals surface area contributed by atoms with Crippen molar-refractivity contribution in [2.45, 2.75) is 46.1 Å². The average Bonchev–Trinajstić information content (AvgIpc) is 2.16. The standard InChI is InChI=1S/C14H23N/c1-11(2)9-10-14(4,15)13-7-5-12(3)6-8-13/h5-8,11H,9-10,15H2,1-4H3. The van der Waals surface area contributed by atoms with Gasteiger partial charge in [-0.15, -0.1) is 0 Å². The van der Waals surface area contributed by atoms with Gasteiger partial charge in [-0.1, -0.05) is 43.7 Å². The molecule has 0 fully saturated rings. The second-order valence-corrected chi connectivity index (χ2v) is 5.22. The molecule has 84 valence electrons. The highest BCUT2D eigenvalue weighted by Gasteiger charge is 2.20. The monoisotopic (exact) mass is 205 g/mol. The highest BCUT2D eigenvalue weighted by molar-refractivity contribution is 5.26. The molecule has 0 radical (unpaired) electrons. The zero-order valence-corrected chi connectivity index (χ0v) is 10.4. The zero-order chi connectivity index (χ0) is 11.5. The molecule has 2 N–H and O–H groups in total. The normalized spacial score (nSPS) is 15.3. The molecule has 15 heavy (non-hydrogen) atoms. The molecule has 1 aromatic carbocycles. The van der Waals surface area contributed by atoms with Crippen molar-refractivity contribution >= 4 is 0 Å². The minimum Gasteiger partial charge on any atom is -0.322 e. The van der Waals surface area contributed by atoms with E-state index in [2.05, 4.69) is 52.0 Å². The van der Waals surface area contributed by atoms with Crippen LogP contribution in [0.1, 0.15) is 44.7 Å². The van der Waals surface area contributed by atoms with E-state index < -0.39 is 0 Å². The van der Waals surface area contributed by atoms with Crippen LogP contribution in [0.4, 0.5) is 0 Å². The van der Waals surface area contributed by atoms with Crippen molar-refractivity contribution in [3.8, 4) is 0 Å². The molecule has 0 aromatic heterocycles. The summed E-state index contributed by atoms with van der Waals surface area (Å²) in [6.45, 7) is 8.71. The zero-order valence-electron chi connectivity index (χ0n) is 10.4. The van der Waals surface area contributed by atoms with Gasteiger partial charge in [-0.3, -0.25) is 0 Å². The lowest BCUT2D eigenvalue weighted by atomic mass is 9.86. The van der Waals surface area contributed by atoms with Crippen LogP contribution in [0.2, 0.25) is 0 Å². The number of benzene rings is 1. The first-order valence-electron chi connectivity index (χ1n) is 5.78. The largest absolute Gasteiger partial charge is 0.322 e. The van der Waals surface area contributed by atoms with E-state index in [-0.39, 0.29) is 5.54 Å². The molecule has 1 heteroatoms. The molecule has 1 aromatic rings. The van der Waals surface area contributed by atoms with Gasteiger partial charge in [0, 0.05) is 5.54 Å². The fourth-order valence-electron chi connectivity index (χ4n) is 1.67. The van der Waals surface area contributed by atoms with Crippen LogP contribution in [0, 0.1) is 12.8 Å². The maximum absolute atomic E-state index is 6.34. The maximum Gasteiger partial charge on any atom is 0.0381 e. The molecule has 0 heterocycles. The Morgan fingerprint density at radius 3 is 2.20 bits per heavy atom. The fraction of sp³-hybridized carbons (Fsp3) is 0.571. The van der Waals surface area contributed by atoms with E-state index in [4.69, 9.17) is 5.73 Å². The van der Waals surface area contributed by atoms with E-state index in [1.54, 1.807) is 0 Å². The summed E-state index contributed by atoms with van der Waals surface area (Å²) in [4.78, 5) is 0. The van der Waals surface area contributed by atoms with Crippen LogP contribution in [0.15, 0.2) is 24.3 Å². The minimum atomic E-state index is -0.183. The third kappa shape index (κ3) is 3.67. The maximum atomic E-state index is 6.34. The highest BCUT2D eigenvalue weighted by atomic mass is 14.7. The Balaban J connectivity index is 2.72. The van der Waals surface area contributed by atoms with Gasteiger partial charge in [0.1, 0.15) is 0 Å². The van der Waals surface area contributed by atoms with Gasteiger partial charge in [-0.05, 0) is 38.2 Å². The van der Waals surface area contributed by atoms with E-state index in [1.165, 1.54) is 17.5 Å². The molecule has 0 saturated carbocycles. The first-order valence-corrected chi connectivity index (χ1v) is 5.78. The molecule has 0 bridgehead atoms. The van der Waals surface area contributed by atoms with Gasteiger partial charge in [-0.2, -0.15) is 0 Å². The summed E-state index contributed by atoms with van der Waals surface area (Å²) in [5.41, 5.74) is 8.69. The quantitative estimate of drug-likeness (QED) is 0.798. The van der Waals surface area contributed by atoms with Crippen LogP contribution in [0.5, 0.6) is 0 Å². The van der Waals surface area contributed by atoms with Gasteiger partial charge in [0.25, 0.3) is 0 Å². The van der Waals surface area contributed by atoms with Gasteiger partial charge in [0.15, 0.2) is 0 Å². The summed E-state index contributed by atoms with van der Waals surface area (Å²) in [7, 11) is 0. The first kappa shape index (κ1) is 12.3. The predicted octanol–water partition coefficient (Wildman–Crippen LogP) is 3.61. The Labute approximate surface area is 93.7 Å². The molecule has 0 aliphatic heterocycles. The highest BCUT2D eigenvalue weighted by Crippen LogP contribution is 2.25. The van der Waals surface area contributed by atoms with Crippen molar-refractivity contribution in [2.24, 2.45) is 11.7 Å². The van der Waals surface area contributed by atoms with Crippen molar-refractivity contribution < 1.29 is 0 Å². The topological polar surface area (TPSA) is 26.0 Å². The summed E-state index contributed by atoms with van der Waals surface area (Å²) < 4.78 is 0. The van der Waals surface area contributed by atoms with E-state index in [0.717, 1.165) is 12.3 Å². The predicted molar refractivity (Wildman–Crippen MR) is 66.8 cm³/mol. The summed E-state index contributed by atoms with van der Waals surface area (Å²) in [5, 5.41) is 0. The molecule has 0 spiro atoms. The van der Waals surface area contributed by atoms with Crippen LogP contribution in [-0.2, 0) is 5.54 Å². The number of hydrogen-bond donors (Lipinski definition) is 1. The molecule has 1 nitrogen and oxygen atoms in total. The third-order valence-electron chi connectivity index (χ3n) is 2.95. The van der Waals surface area contributed by atoms with E-state index >= 15 is 0 Å². The van der Waals surface area contributed by atoms with Gasteiger partial charge in [-0.25, -0.2) is 0 Å². The van der Waals surface area contributed by atoms with E-state index in [0.29, 0.717) is 0 Å². The van der Waals surface area contributed by atoms with Gasteiger partial charge < -0.3 is 5.73 Å². The summed E-state index contributed by atoms with van der Waals surface area (Å²) in [6.07, 6.45) is 2.23. The molecule has 1 atom stereocenters. The van der Waals surface area contributed by atoms with Crippen molar-refractivity contribution in [3.05, 3.63) is 35.4 Å². The molecular formula is C14H23N. The van der Waals surface area contributed by atoms with Crippen molar-refractivity contribution in [1.29, 1.82) is 0 Å². The van der Waals surface area contributed by atoms with Crippen molar-refractivity contribution in [2.75, 3.05) is 0 Å². The van der Waals surface area contributed by atoms with Crippen LogP contribution < -0.4 is 5.73 Å². The second kappa shape index (κ2) is 4.80. The number of nitrogens with two attached hydrogens (primary N) is 1. The molecule has 0 aliphatic carbocycles. The Hall–Kier alpha value is -0.820. The van der Waals surface area contributed by atoms with Crippen LogP contribution >= 0.6 is 0 Å². The molecule has 0 saturated heterocycles. The fourth-order valence-corrected chi connectivity index (χ4v) is 1.67. The van der Waals surface area contributed by atoms with Crippen molar-refractivity contribution in [1.82, 2.24) is 0 Å². The summed E-state index contributed by atoms with van der Waals surface area (Å²) >= 11 is 0. The number of aryl methyl sites for hydroxylation is 1. The number of hydrogen-bond acceptors (Lipinski definition) is 1. The molecule has 1 unspecified atom stereocenters. The van der Waals surface area contributed by atoms with Crippen molar-refractivity contribution in [3.63, 3.8) is 0 Å². The van der Waals surface area contributed by atoms with Gasteiger partial charge in [0.2, 0.25) is 0 Å².